The van der Waals surface area contributed by atoms with Crippen molar-refractivity contribution < 1.29 is 4.42 Å². The molecule has 11 rings (SSSR count). The van der Waals surface area contributed by atoms with Gasteiger partial charge in [-0.3, -0.25) is 0 Å². The number of nitrogen functional groups attached to an aromatic ring is 1. The van der Waals surface area contributed by atoms with Crippen molar-refractivity contribution in [2.75, 3.05) is 10.6 Å². The molecule has 0 aliphatic heterocycles. The first-order valence-corrected chi connectivity index (χ1v) is 19.6. The monoisotopic (exact) mass is 743 g/mol. The molecule has 0 spiro atoms. The standard InChI is InChI=1S/C54H37N3O/c55-42-24-14-36(15-25-42)37-16-26-44(27-17-37)56(46-30-20-39(21-31-46)41-23-33-54-50(35-41)48-11-5-7-13-53(48)58-54)45-28-18-38(19-29-45)40-22-32-52-49(34-40)47-10-4-6-12-51(47)57(52)43-8-2-1-3-9-43/h1-35H,55H2. The van der Waals surface area contributed by atoms with Gasteiger partial charge in [0.15, 0.2) is 0 Å². The van der Waals surface area contributed by atoms with Gasteiger partial charge in [0.25, 0.3) is 0 Å². The van der Waals surface area contributed by atoms with Gasteiger partial charge in [0.2, 0.25) is 0 Å². The number of hydrogen-bond acceptors (Lipinski definition) is 3. The summed E-state index contributed by atoms with van der Waals surface area (Å²) in [4.78, 5) is 2.32. The highest BCUT2D eigenvalue weighted by atomic mass is 16.3. The molecule has 0 fully saturated rings. The summed E-state index contributed by atoms with van der Waals surface area (Å²) in [6.45, 7) is 0. The number of benzene rings is 9. The van der Waals surface area contributed by atoms with Gasteiger partial charge in [0, 0.05) is 50.0 Å². The van der Waals surface area contributed by atoms with E-state index in [1.807, 2.05) is 24.3 Å². The Labute approximate surface area is 336 Å². The second-order valence-corrected chi connectivity index (χ2v) is 14.8. The molecule has 0 saturated heterocycles. The van der Waals surface area contributed by atoms with Gasteiger partial charge in [0.05, 0.1) is 11.0 Å². The zero-order chi connectivity index (χ0) is 38.6. The number of aromatic nitrogens is 1. The number of hydrogen-bond donors (Lipinski definition) is 1. The van der Waals surface area contributed by atoms with Crippen molar-refractivity contribution in [3.63, 3.8) is 0 Å². The molecule has 0 unspecified atom stereocenters. The van der Waals surface area contributed by atoms with Crippen LogP contribution in [0.4, 0.5) is 22.7 Å². The van der Waals surface area contributed by atoms with Crippen LogP contribution >= 0.6 is 0 Å². The summed E-state index contributed by atoms with van der Waals surface area (Å²) in [5, 5.41) is 4.74. The Morgan fingerprint density at radius 1 is 0.345 bits per heavy atom. The fourth-order valence-corrected chi connectivity index (χ4v) is 8.44. The predicted octanol–water partition coefficient (Wildman–Crippen LogP) is 14.7. The summed E-state index contributed by atoms with van der Waals surface area (Å²) in [6.07, 6.45) is 0. The number of anilines is 4. The second-order valence-electron chi connectivity index (χ2n) is 14.8. The molecule has 4 nitrogen and oxygen atoms in total. The lowest BCUT2D eigenvalue weighted by molar-refractivity contribution is 0.669. The van der Waals surface area contributed by atoms with E-state index in [1.54, 1.807) is 0 Å². The third-order valence-corrected chi connectivity index (χ3v) is 11.4. The van der Waals surface area contributed by atoms with E-state index in [1.165, 1.54) is 32.9 Å². The average Bonchev–Trinajstić information content (AvgIpc) is 3.83. The number of para-hydroxylation sites is 3. The van der Waals surface area contributed by atoms with Crippen LogP contribution in [-0.4, -0.2) is 4.57 Å². The lowest BCUT2D eigenvalue weighted by Crippen LogP contribution is -2.09. The van der Waals surface area contributed by atoms with Gasteiger partial charge in [-0.2, -0.15) is 0 Å². The van der Waals surface area contributed by atoms with Crippen molar-refractivity contribution in [3.05, 3.63) is 212 Å². The molecule has 58 heavy (non-hydrogen) atoms. The van der Waals surface area contributed by atoms with Gasteiger partial charge < -0.3 is 19.6 Å². The Morgan fingerprint density at radius 2 is 0.793 bits per heavy atom. The first-order valence-electron chi connectivity index (χ1n) is 19.6. The maximum atomic E-state index is 6.11. The molecule has 0 amide bonds. The normalized spacial score (nSPS) is 11.5. The quantitative estimate of drug-likeness (QED) is 0.165. The number of rotatable bonds is 7. The molecule has 0 aliphatic carbocycles. The van der Waals surface area contributed by atoms with Crippen molar-refractivity contribution >= 4 is 66.5 Å². The number of furan rings is 1. The van der Waals surface area contributed by atoms with E-state index in [4.69, 9.17) is 10.2 Å². The minimum absolute atomic E-state index is 0.760. The summed E-state index contributed by atoms with van der Waals surface area (Å²) in [5.41, 5.74) is 22.3. The van der Waals surface area contributed by atoms with Gasteiger partial charge in [-0.15, -0.1) is 0 Å². The largest absolute Gasteiger partial charge is 0.456 e. The van der Waals surface area contributed by atoms with Gasteiger partial charge in [-0.25, -0.2) is 0 Å². The van der Waals surface area contributed by atoms with E-state index in [9.17, 15) is 0 Å². The van der Waals surface area contributed by atoms with Crippen molar-refractivity contribution in [2.45, 2.75) is 0 Å². The summed E-state index contributed by atoms with van der Waals surface area (Å²) in [5.74, 6) is 0. The van der Waals surface area contributed by atoms with Crippen molar-refractivity contribution in [1.29, 1.82) is 0 Å². The number of nitrogens with two attached hydrogens (primary N) is 1. The van der Waals surface area contributed by atoms with Crippen LogP contribution in [-0.2, 0) is 0 Å². The Balaban J connectivity index is 0.969. The molecular formula is C54H37N3O. The van der Waals surface area contributed by atoms with E-state index in [-0.39, 0.29) is 0 Å². The van der Waals surface area contributed by atoms with Crippen molar-refractivity contribution in [1.82, 2.24) is 4.57 Å². The second kappa shape index (κ2) is 13.7. The molecule has 0 atom stereocenters. The fraction of sp³-hybridized carbons (Fsp3) is 0. The molecular weight excluding hydrogens is 707 g/mol. The van der Waals surface area contributed by atoms with Gasteiger partial charge in [-0.05, 0) is 130 Å². The summed E-state index contributed by atoms with van der Waals surface area (Å²) >= 11 is 0. The van der Waals surface area contributed by atoms with E-state index in [0.717, 1.165) is 72.6 Å². The Morgan fingerprint density at radius 3 is 1.43 bits per heavy atom. The van der Waals surface area contributed by atoms with Crippen LogP contribution in [0.1, 0.15) is 0 Å². The summed E-state index contributed by atoms with van der Waals surface area (Å²) in [7, 11) is 0. The topological polar surface area (TPSA) is 47.3 Å². The van der Waals surface area contributed by atoms with Gasteiger partial charge >= 0.3 is 0 Å². The Hall–Kier alpha value is -7.82. The summed E-state index contributed by atoms with van der Waals surface area (Å²) < 4.78 is 8.47. The van der Waals surface area contributed by atoms with Gasteiger partial charge in [-0.1, -0.05) is 115 Å². The number of nitrogens with zero attached hydrogens (tertiary/aromatic N) is 2. The molecule has 4 heteroatoms. The zero-order valence-electron chi connectivity index (χ0n) is 31.6. The molecule has 11 aromatic rings. The number of fused-ring (bicyclic) bond motifs is 6. The van der Waals surface area contributed by atoms with Crippen LogP contribution in [0.15, 0.2) is 217 Å². The maximum Gasteiger partial charge on any atom is 0.135 e. The lowest BCUT2D eigenvalue weighted by Gasteiger charge is -2.26. The third-order valence-electron chi connectivity index (χ3n) is 11.4. The van der Waals surface area contributed by atoms with Gasteiger partial charge in [0.1, 0.15) is 11.2 Å². The molecule has 2 N–H and O–H groups in total. The van der Waals surface area contributed by atoms with E-state index >= 15 is 0 Å². The van der Waals surface area contributed by atoms with Crippen LogP contribution in [0.3, 0.4) is 0 Å². The van der Waals surface area contributed by atoms with E-state index in [2.05, 4.69) is 198 Å². The summed E-state index contributed by atoms with van der Waals surface area (Å²) in [6, 6.07) is 75.4. The van der Waals surface area contributed by atoms with Crippen LogP contribution in [0, 0.1) is 0 Å². The smallest absolute Gasteiger partial charge is 0.135 e. The molecule has 9 aromatic carbocycles. The molecule has 2 heterocycles. The molecule has 274 valence electrons. The maximum absolute atomic E-state index is 6.11. The minimum atomic E-state index is 0.760. The van der Waals surface area contributed by atoms with Crippen molar-refractivity contribution in [2.24, 2.45) is 0 Å². The van der Waals surface area contributed by atoms with Crippen LogP contribution in [0.25, 0.3) is 82.8 Å². The molecule has 0 saturated carbocycles. The first-order chi connectivity index (χ1) is 28.6. The Kier molecular flexibility index (Phi) is 7.93. The van der Waals surface area contributed by atoms with E-state index in [0.29, 0.717) is 0 Å². The average molecular weight is 744 g/mol. The van der Waals surface area contributed by atoms with E-state index < -0.39 is 0 Å². The minimum Gasteiger partial charge on any atom is -0.456 e. The van der Waals surface area contributed by atoms with Crippen LogP contribution < -0.4 is 10.6 Å². The molecule has 0 bridgehead atoms. The fourth-order valence-electron chi connectivity index (χ4n) is 8.44. The predicted molar refractivity (Wildman–Crippen MR) is 243 cm³/mol. The first kappa shape index (κ1) is 33.5. The van der Waals surface area contributed by atoms with Crippen LogP contribution in [0.2, 0.25) is 0 Å². The zero-order valence-corrected chi connectivity index (χ0v) is 31.6. The highest BCUT2D eigenvalue weighted by molar-refractivity contribution is 6.10. The SMILES string of the molecule is Nc1ccc(-c2ccc(N(c3ccc(-c4ccc5oc6ccccc6c5c4)cc3)c3ccc(-c4ccc5c(c4)c4ccccc4n5-c4ccccc4)cc3)cc2)cc1. The van der Waals surface area contributed by atoms with Crippen LogP contribution in [0.5, 0.6) is 0 Å². The van der Waals surface area contributed by atoms with Crippen molar-refractivity contribution in [3.8, 4) is 39.1 Å². The Bertz CT molecular complexity index is 3250. The molecule has 0 aliphatic rings. The molecule has 0 radical (unpaired) electrons. The third kappa shape index (κ3) is 5.78. The highest BCUT2D eigenvalue weighted by Gasteiger charge is 2.16. The molecule has 2 aromatic heterocycles. The lowest BCUT2D eigenvalue weighted by atomic mass is 10.0. The highest BCUT2D eigenvalue weighted by Crippen LogP contribution is 2.40.